The maximum Gasteiger partial charge on any atom is 0.303 e. The number of carboxylic acids is 1. The van der Waals surface area contributed by atoms with E-state index in [2.05, 4.69) is 18.2 Å². The highest BCUT2D eigenvalue weighted by Crippen LogP contribution is 2.16. The Hall–Kier alpha value is -1.05. The van der Waals surface area contributed by atoms with Gasteiger partial charge < -0.3 is 5.11 Å². The van der Waals surface area contributed by atoms with Gasteiger partial charge >= 0.3 is 5.97 Å². The molecule has 0 unspecified atom stereocenters. The number of aliphatic carboxylic acids is 1. The van der Waals surface area contributed by atoms with Gasteiger partial charge in [0.25, 0.3) is 0 Å². The van der Waals surface area contributed by atoms with Crippen LogP contribution in [0.3, 0.4) is 0 Å². The van der Waals surface area contributed by atoms with Crippen molar-refractivity contribution in [1.29, 1.82) is 0 Å². The Labute approximate surface area is 91.7 Å². The van der Waals surface area contributed by atoms with Crippen molar-refractivity contribution in [1.82, 2.24) is 0 Å². The number of rotatable bonds is 7. The van der Waals surface area contributed by atoms with E-state index in [9.17, 15) is 4.79 Å². The summed E-state index contributed by atoms with van der Waals surface area (Å²) >= 11 is 0. The van der Waals surface area contributed by atoms with Crippen LogP contribution in [0.4, 0.5) is 0 Å². The lowest BCUT2D eigenvalue weighted by molar-refractivity contribution is -0.137. The Kier molecular flexibility index (Phi) is 5.83. The summed E-state index contributed by atoms with van der Waals surface area (Å²) in [5.41, 5.74) is 1.46. The van der Waals surface area contributed by atoms with E-state index >= 15 is 0 Å². The molecule has 0 amide bonds. The molecule has 0 saturated heterocycles. The zero-order valence-electron chi connectivity index (χ0n) is 9.24. The zero-order valence-corrected chi connectivity index (χ0v) is 9.24. The topological polar surface area (TPSA) is 37.3 Å². The molecule has 0 spiro atoms. The minimum atomic E-state index is -0.673. The molecule has 1 N–H and O–H groups in total. The fourth-order valence-corrected chi connectivity index (χ4v) is 1.81. The molecular formula is C13H20O2. The molecule has 15 heavy (non-hydrogen) atoms. The van der Waals surface area contributed by atoms with Crippen LogP contribution >= 0.6 is 0 Å². The number of carbonyl (C=O) groups is 1. The molecule has 0 aromatic rings. The van der Waals surface area contributed by atoms with Gasteiger partial charge in [0.05, 0.1) is 0 Å². The van der Waals surface area contributed by atoms with Gasteiger partial charge in [0.15, 0.2) is 0 Å². The molecule has 0 heterocycles. The second kappa shape index (κ2) is 7.27. The molecule has 0 bridgehead atoms. The summed E-state index contributed by atoms with van der Waals surface area (Å²) in [6.07, 6.45) is 14.8. The summed E-state index contributed by atoms with van der Waals surface area (Å²) < 4.78 is 0. The van der Waals surface area contributed by atoms with E-state index in [0.717, 1.165) is 25.7 Å². The van der Waals surface area contributed by atoms with Crippen LogP contribution in [0.25, 0.3) is 0 Å². The van der Waals surface area contributed by atoms with E-state index < -0.39 is 5.97 Å². The highest BCUT2D eigenvalue weighted by molar-refractivity contribution is 5.66. The van der Waals surface area contributed by atoms with Gasteiger partial charge in [0.1, 0.15) is 0 Å². The molecule has 0 atom stereocenters. The molecule has 0 aromatic carbocycles. The van der Waals surface area contributed by atoms with Crippen LogP contribution in [0.1, 0.15) is 51.4 Å². The number of hydrogen-bond donors (Lipinski definition) is 1. The van der Waals surface area contributed by atoms with E-state index in [1.807, 2.05) is 0 Å². The minimum absolute atomic E-state index is 0.322. The molecule has 84 valence electrons. The summed E-state index contributed by atoms with van der Waals surface area (Å²) in [7, 11) is 0. The van der Waals surface area contributed by atoms with Gasteiger partial charge in [-0.15, -0.1) is 0 Å². The molecule has 0 saturated carbocycles. The first-order valence-electron chi connectivity index (χ1n) is 5.86. The van der Waals surface area contributed by atoms with Gasteiger partial charge in [0, 0.05) is 6.42 Å². The summed E-state index contributed by atoms with van der Waals surface area (Å²) in [6.45, 7) is 0. The fourth-order valence-electron chi connectivity index (χ4n) is 1.81. The first-order chi connectivity index (χ1) is 7.29. The van der Waals surface area contributed by atoms with E-state index in [1.165, 1.54) is 24.8 Å². The van der Waals surface area contributed by atoms with Crippen molar-refractivity contribution in [2.75, 3.05) is 0 Å². The molecule has 0 aromatic heterocycles. The summed E-state index contributed by atoms with van der Waals surface area (Å²) in [5.74, 6) is -0.673. The summed E-state index contributed by atoms with van der Waals surface area (Å²) in [6, 6.07) is 0. The molecule has 2 nitrogen and oxygen atoms in total. The Morgan fingerprint density at radius 3 is 2.67 bits per heavy atom. The number of carboxylic acid groups (broad SMARTS) is 1. The lowest BCUT2D eigenvalue weighted by Crippen LogP contribution is -1.93. The molecule has 1 aliphatic rings. The zero-order chi connectivity index (χ0) is 10.9. The Morgan fingerprint density at radius 1 is 1.20 bits per heavy atom. The van der Waals surface area contributed by atoms with Gasteiger partial charge in [0.2, 0.25) is 0 Å². The van der Waals surface area contributed by atoms with Gasteiger partial charge in [-0.05, 0) is 32.1 Å². The first-order valence-corrected chi connectivity index (χ1v) is 5.86. The Bertz CT molecular complexity index is 251. The highest BCUT2D eigenvalue weighted by atomic mass is 16.4. The molecule has 2 heteroatoms. The van der Waals surface area contributed by atoms with E-state index in [1.54, 1.807) is 0 Å². The Morgan fingerprint density at radius 2 is 2.00 bits per heavy atom. The van der Waals surface area contributed by atoms with E-state index in [4.69, 9.17) is 5.11 Å². The Balaban J connectivity index is 1.95. The average molecular weight is 208 g/mol. The quantitative estimate of drug-likeness (QED) is 0.648. The van der Waals surface area contributed by atoms with E-state index in [0.29, 0.717) is 6.42 Å². The summed E-state index contributed by atoms with van der Waals surface area (Å²) in [4.78, 5) is 10.3. The normalized spacial score (nSPS) is 15.1. The van der Waals surface area contributed by atoms with Gasteiger partial charge in [-0.1, -0.05) is 36.6 Å². The lowest BCUT2D eigenvalue weighted by Gasteiger charge is -2.06. The van der Waals surface area contributed by atoms with Gasteiger partial charge in [-0.25, -0.2) is 0 Å². The molecule has 0 fully saturated rings. The van der Waals surface area contributed by atoms with Crippen LogP contribution < -0.4 is 0 Å². The largest absolute Gasteiger partial charge is 0.481 e. The van der Waals surface area contributed by atoms with Crippen molar-refractivity contribution >= 4 is 5.97 Å². The van der Waals surface area contributed by atoms with Crippen molar-refractivity contribution in [3.8, 4) is 0 Å². The van der Waals surface area contributed by atoms with Crippen LogP contribution in [0.5, 0.6) is 0 Å². The van der Waals surface area contributed by atoms with Crippen molar-refractivity contribution in [3.63, 3.8) is 0 Å². The predicted molar refractivity (Wildman–Crippen MR) is 61.8 cm³/mol. The van der Waals surface area contributed by atoms with Crippen molar-refractivity contribution in [2.24, 2.45) is 0 Å². The molecule has 0 radical (unpaired) electrons. The van der Waals surface area contributed by atoms with Crippen LogP contribution in [-0.2, 0) is 4.79 Å². The fraction of sp³-hybridized carbons (Fsp3) is 0.615. The predicted octanol–water partition coefficient (Wildman–Crippen LogP) is 3.69. The van der Waals surface area contributed by atoms with Gasteiger partial charge in [-0.2, -0.15) is 0 Å². The van der Waals surface area contributed by atoms with Crippen molar-refractivity contribution in [2.45, 2.75) is 51.4 Å². The third-order valence-corrected chi connectivity index (χ3v) is 2.68. The van der Waals surface area contributed by atoms with Crippen molar-refractivity contribution < 1.29 is 9.90 Å². The lowest BCUT2D eigenvalue weighted by atomic mass is 10.0. The van der Waals surface area contributed by atoms with Crippen molar-refractivity contribution in [3.05, 3.63) is 23.8 Å². The SMILES string of the molecule is O=C(O)CCCCCCC1=CCCC=C1. The van der Waals surface area contributed by atoms with Crippen LogP contribution in [0, 0.1) is 0 Å². The molecular weight excluding hydrogens is 188 g/mol. The average Bonchev–Trinajstić information content (AvgIpc) is 2.24. The van der Waals surface area contributed by atoms with Gasteiger partial charge in [-0.3, -0.25) is 4.79 Å². The highest BCUT2D eigenvalue weighted by Gasteiger charge is 1.99. The second-order valence-electron chi connectivity index (χ2n) is 4.07. The second-order valence-corrected chi connectivity index (χ2v) is 4.07. The van der Waals surface area contributed by atoms with Crippen LogP contribution in [-0.4, -0.2) is 11.1 Å². The summed E-state index contributed by atoms with van der Waals surface area (Å²) in [5, 5.41) is 8.46. The number of unbranched alkanes of at least 4 members (excludes halogenated alkanes) is 3. The number of hydrogen-bond acceptors (Lipinski definition) is 1. The third kappa shape index (κ3) is 6.10. The molecule has 0 aliphatic heterocycles. The van der Waals surface area contributed by atoms with Crippen LogP contribution in [0.2, 0.25) is 0 Å². The maximum atomic E-state index is 10.3. The smallest absolute Gasteiger partial charge is 0.303 e. The monoisotopic (exact) mass is 208 g/mol. The maximum absolute atomic E-state index is 10.3. The minimum Gasteiger partial charge on any atom is -0.481 e. The standard InChI is InChI=1S/C13H20O2/c14-13(15)11-7-2-1-4-8-12-9-5-3-6-10-12/h5,9-10H,1-4,6-8,11H2,(H,14,15). The van der Waals surface area contributed by atoms with E-state index in [-0.39, 0.29) is 0 Å². The third-order valence-electron chi connectivity index (χ3n) is 2.68. The molecule has 1 aliphatic carbocycles. The number of allylic oxidation sites excluding steroid dienone is 4. The van der Waals surface area contributed by atoms with Crippen LogP contribution in [0.15, 0.2) is 23.8 Å². The molecule has 1 rings (SSSR count). The first kappa shape index (κ1) is 12.0.